The number of carbonyl (C=O) groups is 1. The summed E-state index contributed by atoms with van der Waals surface area (Å²) in [6.07, 6.45) is 4.66. The lowest BCUT2D eigenvalue weighted by molar-refractivity contribution is -0.126. The maximum Gasteiger partial charge on any atom is 0.246 e. The predicted octanol–water partition coefficient (Wildman–Crippen LogP) is 5.52. The highest BCUT2D eigenvalue weighted by atomic mass is 32.1. The van der Waals surface area contributed by atoms with Gasteiger partial charge in [0.05, 0.1) is 10.2 Å². The second kappa shape index (κ2) is 8.83. The highest BCUT2D eigenvalue weighted by Crippen LogP contribution is 2.30. The molecule has 0 aliphatic carbocycles. The monoisotopic (exact) mass is 433 g/mol. The Hall–Kier alpha value is -2.66. The molecule has 0 saturated carbocycles. The summed E-state index contributed by atoms with van der Waals surface area (Å²) in [5.41, 5.74) is 4.90. The summed E-state index contributed by atoms with van der Waals surface area (Å²) in [5.74, 6) is 0.0800. The number of carbonyl (C=O) groups excluding carboxylic acids is 1. The van der Waals surface area contributed by atoms with Crippen molar-refractivity contribution < 1.29 is 4.79 Å². The maximum atomic E-state index is 12.7. The predicted molar refractivity (Wildman–Crippen MR) is 132 cm³/mol. The molecule has 1 saturated heterocycles. The molecule has 1 aliphatic rings. The number of rotatable bonds is 4. The van der Waals surface area contributed by atoms with E-state index in [1.54, 1.807) is 17.4 Å². The van der Waals surface area contributed by atoms with Crippen LogP contribution in [-0.4, -0.2) is 42.0 Å². The molecular formula is C26H31N3OS. The zero-order chi connectivity index (χ0) is 22.0. The Labute approximate surface area is 189 Å². The summed E-state index contributed by atoms with van der Waals surface area (Å²) in [6, 6.07) is 15.0. The number of aromatic nitrogens is 1. The summed E-state index contributed by atoms with van der Waals surface area (Å²) in [4.78, 5) is 21.7. The highest BCUT2D eigenvalue weighted by Gasteiger charge is 2.22. The molecule has 0 spiro atoms. The first-order valence-electron chi connectivity index (χ1n) is 11.1. The van der Waals surface area contributed by atoms with Gasteiger partial charge in [-0.3, -0.25) is 4.79 Å². The number of benzene rings is 2. The number of amides is 1. The van der Waals surface area contributed by atoms with Crippen LogP contribution in [0.4, 0.5) is 5.13 Å². The molecule has 2 aromatic carbocycles. The second-order valence-electron chi connectivity index (χ2n) is 9.17. The summed E-state index contributed by atoms with van der Waals surface area (Å²) in [5, 5.41) is 1.06. The number of hydrogen-bond donors (Lipinski definition) is 0. The van der Waals surface area contributed by atoms with Crippen LogP contribution in [0, 0.1) is 0 Å². The minimum atomic E-state index is 0.0800. The summed E-state index contributed by atoms with van der Waals surface area (Å²) >= 11 is 1.75. The molecule has 1 fully saturated rings. The van der Waals surface area contributed by atoms with Crippen molar-refractivity contribution in [2.45, 2.75) is 39.5 Å². The number of hydrogen-bond acceptors (Lipinski definition) is 4. The number of aryl methyl sites for hydroxylation is 1. The zero-order valence-corrected chi connectivity index (χ0v) is 19.7. The molecule has 0 N–H and O–H groups in total. The molecule has 31 heavy (non-hydrogen) atoms. The van der Waals surface area contributed by atoms with Crippen LogP contribution in [0.3, 0.4) is 0 Å². The zero-order valence-electron chi connectivity index (χ0n) is 18.9. The molecule has 1 aliphatic heterocycles. The maximum absolute atomic E-state index is 12.7. The summed E-state index contributed by atoms with van der Waals surface area (Å²) in [6.45, 7) is 11.9. The van der Waals surface area contributed by atoms with Crippen molar-refractivity contribution in [1.82, 2.24) is 9.88 Å². The van der Waals surface area contributed by atoms with Crippen LogP contribution in [0.5, 0.6) is 0 Å². The Morgan fingerprint density at radius 3 is 2.42 bits per heavy atom. The molecule has 3 aromatic rings. The Balaban J connectivity index is 1.35. The molecule has 162 valence electrons. The van der Waals surface area contributed by atoms with Crippen molar-refractivity contribution in [3.8, 4) is 0 Å². The van der Waals surface area contributed by atoms with Gasteiger partial charge < -0.3 is 9.80 Å². The van der Waals surface area contributed by atoms with Gasteiger partial charge in [-0.05, 0) is 46.7 Å². The average molecular weight is 434 g/mol. The molecular weight excluding hydrogens is 402 g/mol. The van der Waals surface area contributed by atoms with Crippen molar-refractivity contribution in [3.05, 3.63) is 65.2 Å². The fourth-order valence-corrected chi connectivity index (χ4v) is 4.88. The molecule has 0 atom stereocenters. The van der Waals surface area contributed by atoms with Crippen LogP contribution < -0.4 is 4.90 Å². The smallest absolute Gasteiger partial charge is 0.246 e. The van der Waals surface area contributed by atoms with E-state index in [9.17, 15) is 4.79 Å². The van der Waals surface area contributed by atoms with Gasteiger partial charge in [-0.1, -0.05) is 69.4 Å². The molecule has 5 heteroatoms. The van der Waals surface area contributed by atoms with Gasteiger partial charge in [-0.15, -0.1) is 0 Å². The fraction of sp³-hybridized carbons (Fsp3) is 0.385. The quantitative estimate of drug-likeness (QED) is 0.509. The van der Waals surface area contributed by atoms with Gasteiger partial charge in [0.15, 0.2) is 5.13 Å². The first-order chi connectivity index (χ1) is 14.8. The minimum Gasteiger partial charge on any atom is -0.345 e. The average Bonchev–Trinajstić information content (AvgIpc) is 3.20. The highest BCUT2D eigenvalue weighted by molar-refractivity contribution is 7.22. The molecule has 0 unspecified atom stereocenters. The van der Waals surface area contributed by atoms with Gasteiger partial charge in [-0.2, -0.15) is 0 Å². The number of piperazine rings is 1. The van der Waals surface area contributed by atoms with Crippen molar-refractivity contribution in [3.63, 3.8) is 0 Å². The molecule has 1 aromatic heterocycles. The number of anilines is 1. The fourth-order valence-electron chi connectivity index (χ4n) is 3.80. The van der Waals surface area contributed by atoms with Crippen LogP contribution in [-0.2, 0) is 16.6 Å². The molecule has 1 amide bonds. The number of thiazole rings is 1. The van der Waals surface area contributed by atoms with Crippen molar-refractivity contribution >= 4 is 38.7 Å². The Kier molecular flexibility index (Phi) is 6.15. The number of fused-ring (bicyclic) bond motifs is 1. The van der Waals surface area contributed by atoms with E-state index in [2.05, 4.69) is 75.1 Å². The summed E-state index contributed by atoms with van der Waals surface area (Å²) in [7, 11) is 0. The third kappa shape index (κ3) is 4.99. The molecule has 4 rings (SSSR count). The first kappa shape index (κ1) is 21.6. The first-order valence-corrected chi connectivity index (χ1v) is 11.9. The summed E-state index contributed by atoms with van der Waals surface area (Å²) < 4.78 is 1.24. The standard InChI is InChI=1S/C26H31N3OS/c1-5-19-8-12-22-23(18-19)31-25(27-22)29-16-14-28(15-17-29)24(30)13-9-20-6-10-21(11-7-20)26(2,3)4/h6-13,18H,5,14-17H2,1-4H3/b13-9+. The van der Waals surface area contributed by atoms with Gasteiger partial charge in [0.1, 0.15) is 0 Å². The molecule has 0 bridgehead atoms. The van der Waals surface area contributed by atoms with Gasteiger partial charge >= 0.3 is 0 Å². The van der Waals surface area contributed by atoms with E-state index in [1.165, 1.54) is 15.8 Å². The lowest BCUT2D eigenvalue weighted by atomic mass is 9.87. The normalized spacial score (nSPS) is 15.2. The molecule has 2 heterocycles. The molecule has 4 nitrogen and oxygen atoms in total. The van der Waals surface area contributed by atoms with E-state index in [4.69, 9.17) is 4.98 Å². The Morgan fingerprint density at radius 2 is 1.77 bits per heavy atom. The van der Waals surface area contributed by atoms with Gasteiger partial charge in [0.25, 0.3) is 0 Å². The van der Waals surface area contributed by atoms with Crippen molar-refractivity contribution in [1.29, 1.82) is 0 Å². The lowest BCUT2D eigenvalue weighted by Crippen LogP contribution is -2.48. The van der Waals surface area contributed by atoms with Crippen molar-refractivity contribution in [2.24, 2.45) is 0 Å². The van der Waals surface area contributed by atoms with E-state index in [0.29, 0.717) is 0 Å². The third-order valence-electron chi connectivity index (χ3n) is 5.91. The Bertz CT molecular complexity index is 1080. The molecule has 0 radical (unpaired) electrons. The Morgan fingerprint density at radius 1 is 1.06 bits per heavy atom. The van der Waals surface area contributed by atoms with Crippen molar-refractivity contribution in [2.75, 3.05) is 31.1 Å². The van der Waals surface area contributed by atoms with E-state index in [1.807, 2.05) is 11.0 Å². The third-order valence-corrected chi connectivity index (χ3v) is 6.99. The largest absolute Gasteiger partial charge is 0.345 e. The van der Waals surface area contributed by atoms with Crippen LogP contribution >= 0.6 is 11.3 Å². The van der Waals surface area contributed by atoms with E-state index in [0.717, 1.165) is 48.8 Å². The van der Waals surface area contributed by atoms with E-state index in [-0.39, 0.29) is 11.3 Å². The van der Waals surface area contributed by atoms with E-state index >= 15 is 0 Å². The van der Waals surface area contributed by atoms with Crippen LogP contribution in [0.1, 0.15) is 44.4 Å². The topological polar surface area (TPSA) is 36.4 Å². The van der Waals surface area contributed by atoms with Gasteiger partial charge in [0, 0.05) is 32.3 Å². The minimum absolute atomic E-state index is 0.0800. The SMILES string of the molecule is CCc1ccc2nc(N3CCN(C(=O)/C=C/c4ccc(C(C)(C)C)cc4)CC3)sc2c1. The second-order valence-corrected chi connectivity index (χ2v) is 10.2. The van der Waals surface area contributed by atoms with Crippen LogP contribution in [0.2, 0.25) is 0 Å². The number of nitrogens with zero attached hydrogens (tertiary/aromatic N) is 3. The van der Waals surface area contributed by atoms with Gasteiger partial charge in [-0.25, -0.2) is 4.98 Å². The van der Waals surface area contributed by atoms with E-state index < -0.39 is 0 Å². The van der Waals surface area contributed by atoms with Gasteiger partial charge in [0.2, 0.25) is 5.91 Å². The van der Waals surface area contributed by atoms with Crippen LogP contribution in [0.25, 0.3) is 16.3 Å². The van der Waals surface area contributed by atoms with Crippen LogP contribution in [0.15, 0.2) is 48.5 Å². The lowest BCUT2D eigenvalue weighted by Gasteiger charge is -2.34.